The molecule has 1 aliphatic heterocycles. The molecule has 0 saturated carbocycles. The second kappa shape index (κ2) is 6.75. The minimum absolute atomic E-state index is 0.0181. The third kappa shape index (κ3) is 3.40. The first-order valence-electron chi connectivity index (χ1n) is 7.69. The number of furan rings is 1. The van der Waals surface area contributed by atoms with Crippen LogP contribution in [-0.4, -0.2) is 34.4 Å². The highest BCUT2D eigenvalue weighted by Crippen LogP contribution is 2.25. The van der Waals surface area contributed by atoms with E-state index >= 15 is 0 Å². The van der Waals surface area contributed by atoms with Gasteiger partial charge in [-0.05, 0) is 26.0 Å². The molecule has 3 heterocycles. The molecule has 2 unspecified atom stereocenters. The minimum atomic E-state index is -0.597. The van der Waals surface area contributed by atoms with Gasteiger partial charge in [-0.1, -0.05) is 0 Å². The Morgan fingerprint density at radius 3 is 3.08 bits per heavy atom. The Balaban J connectivity index is 1.92. The molecule has 24 heavy (non-hydrogen) atoms. The van der Waals surface area contributed by atoms with Gasteiger partial charge in [-0.25, -0.2) is 9.48 Å². The molecule has 9 heteroatoms. The van der Waals surface area contributed by atoms with Crippen molar-refractivity contribution in [3.63, 3.8) is 0 Å². The van der Waals surface area contributed by atoms with Gasteiger partial charge in [0.05, 0.1) is 12.9 Å². The van der Waals surface area contributed by atoms with Crippen molar-refractivity contribution in [2.75, 3.05) is 11.9 Å². The number of nitrogens with one attached hydrogen (secondary N) is 3. The van der Waals surface area contributed by atoms with Crippen LogP contribution in [0.4, 0.5) is 10.6 Å². The van der Waals surface area contributed by atoms with Gasteiger partial charge in [0.1, 0.15) is 11.5 Å². The van der Waals surface area contributed by atoms with Gasteiger partial charge in [-0.3, -0.25) is 15.4 Å². The number of amides is 2. The molecule has 128 valence electrons. The summed E-state index contributed by atoms with van der Waals surface area (Å²) >= 11 is 0. The number of rotatable bonds is 4. The van der Waals surface area contributed by atoms with Crippen molar-refractivity contribution in [3.8, 4) is 11.5 Å². The van der Waals surface area contributed by atoms with Gasteiger partial charge in [0.25, 0.3) is 0 Å². The van der Waals surface area contributed by atoms with Crippen molar-refractivity contribution in [2.24, 2.45) is 0 Å². The Kier molecular flexibility index (Phi) is 4.52. The summed E-state index contributed by atoms with van der Waals surface area (Å²) in [5, 5.41) is 13.1. The number of nitrogens with zero attached hydrogens (tertiary/aromatic N) is 2. The molecule has 1 saturated heterocycles. The monoisotopic (exact) mass is 333 g/mol. The molecule has 1 fully saturated rings. The van der Waals surface area contributed by atoms with Gasteiger partial charge in [-0.2, -0.15) is 5.10 Å². The zero-order valence-corrected chi connectivity index (χ0v) is 13.4. The van der Waals surface area contributed by atoms with Gasteiger partial charge in [0, 0.05) is 18.5 Å². The summed E-state index contributed by atoms with van der Waals surface area (Å²) in [6.45, 7) is 3.87. The number of aromatic nitrogens is 2. The fraction of sp³-hybridized carbons (Fsp3) is 0.400. The highest BCUT2D eigenvalue weighted by Gasteiger charge is 2.27. The summed E-state index contributed by atoms with van der Waals surface area (Å²) in [5.41, 5.74) is 0.529. The van der Waals surface area contributed by atoms with Crippen LogP contribution in [0.3, 0.4) is 0 Å². The van der Waals surface area contributed by atoms with Crippen molar-refractivity contribution in [1.82, 2.24) is 20.4 Å². The van der Waals surface area contributed by atoms with E-state index in [9.17, 15) is 9.59 Å². The van der Waals surface area contributed by atoms with E-state index in [0.29, 0.717) is 23.7 Å². The van der Waals surface area contributed by atoms with Gasteiger partial charge in [0.15, 0.2) is 12.0 Å². The largest absolute Gasteiger partial charge is 0.463 e. The summed E-state index contributed by atoms with van der Waals surface area (Å²) in [5.74, 6) is 0.839. The lowest BCUT2D eigenvalue weighted by Crippen LogP contribution is -2.52. The first-order chi connectivity index (χ1) is 11.6. The summed E-state index contributed by atoms with van der Waals surface area (Å²) in [6, 6.07) is 5.14. The predicted octanol–water partition coefficient (Wildman–Crippen LogP) is 1.67. The number of hydrogen-bond acceptors (Lipinski definition) is 6. The topological polar surface area (TPSA) is 110 Å². The molecule has 2 amide bonds. The van der Waals surface area contributed by atoms with Crippen LogP contribution in [-0.2, 0) is 9.53 Å². The molecular weight excluding hydrogens is 314 g/mol. The number of ether oxygens (including phenoxy) is 1. The number of carbonyl (C=O) groups is 2. The number of anilines is 1. The Bertz CT molecular complexity index is 724. The van der Waals surface area contributed by atoms with E-state index in [1.165, 1.54) is 10.9 Å². The van der Waals surface area contributed by atoms with Crippen LogP contribution in [0.15, 0.2) is 28.9 Å². The van der Waals surface area contributed by atoms with Crippen molar-refractivity contribution in [1.29, 1.82) is 0 Å². The van der Waals surface area contributed by atoms with Crippen molar-refractivity contribution >= 4 is 17.8 Å². The molecule has 2 atom stereocenters. The van der Waals surface area contributed by atoms with Crippen LogP contribution < -0.4 is 16.0 Å². The van der Waals surface area contributed by atoms with Crippen molar-refractivity contribution < 1.29 is 18.7 Å². The van der Waals surface area contributed by atoms with Crippen LogP contribution in [0.5, 0.6) is 0 Å². The van der Waals surface area contributed by atoms with E-state index in [1.807, 2.05) is 6.92 Å². The standard InChI is InChI=1S/C15H19N5O4/c1-3-23-15(22)17-12-8-10(11-5-4-6-24-11)19-20(12)14-16-9(2)7-13(21)18-14/h4-6,8-9,14,16H,3,7H2,1-2H3,(H,17,22)(H,18,21). The van der Waals surface area contributed by atoms with Gasteiger partial charge >= 0.3 is 6.09 Å². The van der Waals surface area contributed by atoms with Crippen LogP contribution in [0, 0.1) is 0 Å². The Labute approximate surface area is 138 Å². The highest BCUT2D eigenvalue weighted by atomic mass is 16.5. The normalized spacial score (nSPS) is 20.5. The number of carbonyl (C=O) groups excluding carboxylic acids is 2. The Hall–Kier alpha value is -2.81. The van der Waals surface area contributed by atoms with Gasteiger partial charge in [-0.15, -0.1) is 0 Å². The maximum absolute atomic E-state index is 11.8. The number of hydrogen-bond donors (Lipinski definition) is 3. The average Bonchev–Trinajstić information content (AvgIpc) is 3.15. The molecule has 0 aromatic carbocycles. The fourth-order valence-electron chi connectivity index (χ4n) is 2.49. The quantitative estimate of drug-likeness (QED) is 0.785. The molecule has 0 aliphatic carbocycles. The molecule has 2 aromatic heterocycles. The van der Waals surface area contributed by atoms with Crippen LogP contribution in [0.1, 0.15) is 26.6 Å². The lowest BCUT2D eigenvalue weighted by atomic mass is 10.2. The van der Waals surface area contributed by atoms with Crippen molar-refractivity contribution in [2.45, 2.75) is 32.6 Å². The zero-order chi connectivity index (χ0) is 17.1. The molecule has 0 bridgehead atoms. The van der Waals surface area contributed by atoms with Crippen LogP contribution in [0.2, 0.25) is 0 Å². The predicted molar refractivity (Wildman–Crippen MR) is 85.0 cm³/mol. The summed E-state index contributed by atoms with van der Waals surface area (Å²) in [7, 11) is 0. The maximum Gasteiger partial charge on any atom is 0.412 e. The van der Waals surface area contributed by atoms with E-state index < -0.39 is 12.4 Å². The second-order valence-corrected chi connectivity index (χ2v) is 5.42. The summed E-state index contributed by atoms with van der Waals surface area (Å²) in [4.78, 5) is 23.6. The average molecular weight is 333 g/mol. The Morgan fingerprint density at radius 1 is 1.58 bits per heavy atom. The van der Waals surface area contributed by atoms with Gasteiger partial charge < -0.3 is 14.5 Å². The molecular formula is C15H19N5O4. The van der Waals surface area contributed by atoms with Crippen LogP contribution in [0.25, 0.3) is 11.5 Å². The summed E-state index contributed by atoms with van der Waals surface area (Å²) < 4.78 is 11.7. The lowest BCUT2D eigenvalue weighted by Gasteiger charge is -2.30. The third-order valence-corrected chi connectivity index (χ3v) is 3.49. The molecule has 3 rings (SSSR count). The SMILES string of the molecule is CCOC(=O)Nc1cc(-c2ccco2)nn1C1NC(=O)CC(C)N1. The minimum Gasteiger partial charge on any atom is -0.463 e. The van der Waals surface area contributed by atoms with Crippen LogP contribution >= 0.6 is 0 Å². The summed E-state index contributed by atoms with van der Waals surface area (Å²) in [6.07, 6.45) is 0.737. The first-order valence-corrected chi connectivity index (χ1v) is 7.69. The maximum atomic E-state index is 11.8. The fourth-order valence-corrected chi connectivity index (χ4v) is 2.49. The lowest BCUT2D eigenvalue weighted by molar-refractivity contribution is -0.125. The Morgan fingerprint density at radius 2 is 2.42 bits per heavy atom. The molecule has 0 radical (unpaired) electrons. The van der Waals surface area contributed by atoms with E-state index in [1.54, 1.807) is 25.1 Å². The third-order valence-electron chi connectivity index (χ3n) is 3.49. The molecule has 9 nitrogen and oxygen atoms in total. The second-order valence-electron chi connectivity index (χ2n) is 5.42. The van der Waals surface area contributed by atoms with E-state index in [2.05, 4.69) is 21.0 Å². The molecule has 1 aliphatic rings. The zero-order valence-electron chi connectivity index (χ0n) is 13.4. The van der Waals surface area contributed by atoms with Crippen molar-refractivity contribution in [3.05, 3.63) is 24.5 Å². The first kappa shape index (κ1) is 16.1. The molecule has 2 aromatic rings. The smallest absolute Gasteiger partial charge is 0.412 e. The van der Waals surface area contributed by atoms with E-state index in [-0.39, 0.29) is 18.6 Å². The molecule has 0 spiro atoms. The highest BCUT2D eigenvalue weighted by molar-refractivity contribution is 5.84. The molecule has 3 N–H and O–H groups in total. The van der Waals surface area contributed by atoms with Gasteiger partial charge in [0.2, 0.25) is 5.91 Å². The van der Waals surface area contributed by atoms with E-state index in [4.69, 9.17) is 9.15 Å². The van der Waals surface area contributed by atoms with E-state index in [0.717, 1.165) is 0 Å².